The highest BCUT2D eigenvalue weighted by molar-refractivity contribution is 6.12. The molecule has 8 rings (SSSR count). The molecule has 0 fully saturated rings. The Morgan fingerprint density at radius 3 is 1.49 bits per heavy atom. The molecule has 2 heterocycles. The maximum absolute atomic E-state index is 12.3. The van der Waals surface area contributed by atoms with Crippen LogP contribution in [-0.2, 0) is 19.5 Å². The minimum atomic E-state index is 0.0539. The van der Waals surface area contributed by atoms with Crippen molar-refractivity contribution in [2.24, 2.45) is 0 Å². The smallest absolute Gasteiger partial charge is 0.176 e. The van der Waals surface area contributed by atoms with Crippen LogP contribution < -0.4 is 9.47 Å². The van der Waals surface area contributed by atoms with Gasteiger partial charge in [-0.2, -0.15) is 0 Å². The molecular formula is C44H40N2O3. The summed E-state index contributed by atoms with van der Waals surface area (Å²) in [5, 5.41) is 6.91. The maximum atomic E-state index is 12.3. The number of hydrogen-bond acceptors (Lipinski definition) is 3. The average molecular weight is 645 g/mol. The van der Waals surface area contributed by atoms with Crippen LogP contribution in [0.3, 0.4) is 0 Å². The van der Waals surface area contributed by atoms with Crippen molar-refractivity contribution in [3.8, 4) is 11.5 Å². The standard InChI is InChI=1S/C22H19NO2.C22H21NO/c1-15(24)20-13-19-21(25-2)12-17-10-6-7-11-18(17)22(19)23(20)14-16-8-4-3-5-9-16;1-3-18-14-20-21(24-2)13-17-11-7-8-12-19(17)22(20)23(18)15-16-9-5-4-6-10-16/h3-13H,14H2,1-2H3;4-14H,3,15H2,1-2H3. The van der Waals surface area contributed by atoms with Crippen molar-refractivity contribution in [1.82, 2.24) is 9.13 Å². The average Bonchev–Trinajstić information content (AvgIpc) is 3.71. The van der Waals surface area contributed by atoms with E-state index >= 15 is 0 Å². The van der Waals surface area contributed by atoms with Gasteiger partial charge >= 0.3 is 0 Å². The van der Waals surface area contributed by atoms with Crippen LogP contribution in [0, 0.1) is 0 Å². The molecular weight excluding hydrogens is 604 g/mol. The van der Waals surface area contributed by atoms with Crippen molar-refractivity contribution < 1.29 is 14.3 Å². The summed E-state index contributed by atoms with van der Waals surface area (Å²) in [4.78, 5) is 12.3. The number of aryl methyl sites for hydroxylation is 1. The van der Waals surface area contributed by atoms with E-state index in [1.807, 2.05) is 42.5 Å². The third-order valence-electron chi connectivity index (χ3n) is 9.35. The topological polar surface area (TPSA) is 45.4 Å². The zero-order valence-electron chi connectivity index (χ0n) is 28.4. The van der Waals surface area contributed by atoms with Crippen molar-refractivity contribution in [3.05, 3.63) is 156 Å². The fraction of sp³-hybridized carbons (Fsp3) is 0.159. The number of nitrogens with zero attached hydrogens (tertiary/aromatic N) is 2. The fourth-order valence-electron chi connectivity index (χ4n) is 7.02. The summed E-state index contributed by atoms with van der Waals surface area (Å²) in [6.45, 7) is 5.36. The minimum absolute atomic E-state index is 0.0539. The number of carbonyl (C=O) groups is 1. The van der Waals surface area contributed by atoms with Crippen molar-refractivity contribution >= 4 is 49.1 Å². The van der Waals surface area contributed by atoms with Gasteiger partial charge in [0.1, 0.15) is 11.5 Å². The summed E-state index contributed by atoms with van der Waals surface area (Å²) in [5.74, 6) is 1.80. The summed E-state index contributed by atoms with van der Waals surface area (Å²) in [6, 6.07) is 46.0. The van der Waals surface area contributed by atoms with Crippen molar-refractivity contribution in [3.63, 3.8) is 0 Å². The highest BCUT2D eigenvalue weighted by atomic mass is 16.5. The number of benzene rings is 6. The van der Waals surface area contributed by atoms with E-state index in [-0.39, 0.29) is 5.78 Å². The highest BCUT2D eigenvalue weighted by Crippen LogP contribution is 2.38. The van der Waals surface area contributed by atoms with Crippen molar-refractivity contribution in [2.45, 2.75) is 33.4 Å². The molecule has 0 unspecified atom stereocenters. The maximum Gasteiger partial charge on any atom is 0.176 e. The summed E-state index contributed by atoms with van der Waals surface area (Å²) in [5.41, 5.74) is 6.83. The number of aromatic nitrogens is 2. The van der Waals surface area contributed by atoms with Gasteiger partial charge < -0.3 is 18.6 Å². The van der Waals surface area contributed by atoms with E-state index in [9.17, 15) is 4.79 Å². The Bertz CT molecular complexity index is 2420. The second-order valence-electron chi connectivity index (χ2n) is 12.3. The SMILES string of the molecule is CCc1cc2c(OC)cc3ccccc3c2n1Cc1ccccc1.COc1cc2ccccc2c2c1cc(C(C)=O)n2Cc1ccccc1. The summed E-state index contributed by atoms with van der Waals surface area (Å²) in [6.07, 6.45) is 0.999. The number of methoxy groups -OCH3 is 2. The zero-order valence-corrected chi connectivity index (χ0v) is 28.4. The van der Waals surface area contributed by atoms with E-state index in [4.69, 9.17) is 9.47 Å². The van der Waals surface area contributed by atoms with Crippen LogP contribution in [0.1, 0.15) is 41.2 Å². The first-order chi connectivity index (χ1) is 24.0. The minimum Gasteiger partial charge on any atom is -0.496 e. The van der Waals surface area contributed by atoms with Crippen molar-refractivity contribution in [1.29, 1.82) is 0 Å². The van der Waals surface area contributed by atoms with Gasteiger partial charge in [-0.1, -0.05) is 116 Å². The van der Waals surface area contributed by atoms with E-state index in [2.05, 4.69) is 107 Å². The molecule has 5 nitrogen and oxygen atoms in total. The highest BCUT2D eigenvalue weighted by Gasteiger charge is 2.19. The first-order valence-electron chi connectivity index (χ1n) is 16.8. The Morgan fingerprint density at radius 2 is 1.00 bits per heavy atom. The van der Waals surface area contributed by atoms with Gasteiger partial charge in [0.15, 0.2) is 5.78 Å². The molecule has 0 bridgehead atoms. The molecule has 8 aromatic rings. The van der Waals surface area contributed by atoms with Crippen LogP contribution in [0.4, 0.5) is 0 Å². The van der Waals surface area contributed by atoms with Gasteiger partial charge in [0, 0.05) is 47.3 Å². The number of ketones is 1. The lowest BCUT2D eigenvalue weighted by Crippen LogP contribution is -2.07. The van der Waals surface area contributed by atoms with Gasteiger partial charge in [0.05, 0.1) is 30.9 Å². The largest absolute Gasteiger partial charge is 0.496 e. The van der Waals surface area contributed by atoms with E-state index in [1.54, 1.807) is 21.1 Å². The Kier molecular flexibility index (Phi) is 8.91. The first-order valence-corrected chi connectivity index (χ1v) is 16.8. The Morgan fingerprint density at radius 1 is 0.551 bits per heavy atom. The van der Waals surface area contributed by atoms with Gasteiger partial charge in [0.2, 0.25) is 0 Å². The second-order valence-corrected chi connectivity index (χ2v) is 12.3. The van der Waals surface area contributed by atoms with E-state index in [1.165, 1.54) is 32.9 Å². The monoisotopic (exact) mass is 644 g/mol. The Balaban J connectivity index is 0.000000154. The lowest BCUT2D eigenvalue weighted by molar-refractivity contribution is 0.101. The van der Waals surface area contributed by atoms with Crippen LogP contribution in [0.15, 0.2) is 133 Å². The number of Topliss-reactive ketones (excluding diaryl/α,β-unsaturated/α-hetero) is 1. The molecule has 0 radical (unpaired) electrons. The van der Waals surface area contributed by atoms with Crippen LogP contribution in [0.5, 0.6) is 11.5 Å². The van der Waals surface area contributed by atoms with Gasteiger partial charge in [-0.05, 0) is 52.6 Å². The molecule has 244 valence electrons. The quantitative estimate of drug-likeness (QED) is 0.155. The predicted molar refractivity (Wildman–Crippen MR) is 202 cm³/mol. The van der Waals surface area contributed by atoms with Gasteiger partial charge in [-0.15, -0.1) is 0 Å². The molecule has 0 aliphatic heterocycles. The predicted octanol–water partition coefficient (Wildman–Crippen LogP) is 10.5. The van der Waals surface area contributed by atoms with Crippen LogP contribution in [0.25, 0.3) is 43.4 Å². The first kappa shape index (κ1) is 31.8. The molecule has 0 saturated carbocycles. The molecule has 0 atom stereocenters. The number of hydrogen-bond donors (Lipinski definition) is 0. The molecule has 5 heteroatoms. The molecule has 0 spiro atoms. The van der Waals surface area contributed by atoms with Crippen molar-refractivity contribution in [2.75, 3.05) is 14.2 Å². The molecule has 0 saturated heterocycles. The molecule has 2 aromatic heterocycles. The lowest BCUT2D eigenvalue weighted by Gasteiger charge is -2.13. The fourth-order valence-corrected chi connectivity index (χ4v) is 7.02. The third-order valence-corrected chi connectivity index (χ3v) is 9.35. The number of carbonyl (C=O) groups excluding carboxylic acids is 1. The molecule has 6 aromatic carbocycles. The van der Waals surface area contributed by atoms with E-state index < -0.39 is 0 Å². The zero-order chi connectivity index (χ0) is 33.9. The van der Waals surface area contributed by atoms with Gasteiger partial charge in [0.25, 0.3) is 0 Å². The number of ether oxygens (including phenoxy) is 2. The van der Waals surface area contributed by atoms with E-state index in [0.29, 0.717) is 12.2 Å². The summed E-state index contributed by atoms with van der Waals surface area (Å²) >= 11 is 0. The molecule has 0 amide bonds. The third kappa shape index (κ3) is 6.04. The molecule has 49 heavy (non-hydrogen) atoms. The van der Waals surface area contributed by atoms with Gasteiger partial charge in [-0.3, -0.25) is 4.79 Å². The number of rotatable bonds is 8. The molecule has 0 aliphatic rings. The molecule has 0 aliphatic carbocycles. The van der Waals surface area contributed by atoms with Crippen LogP contribution in [-0.4, -0.2) is 29.1 Å². The molecule has 0 N–H and O–H groups in total. The van der Waals surface area contributed by atoms with Crippen LogP contribution >= 0.6 is 0 Å². The summed E-state index contributed by atoms with van der Waals surface area (Å²) in [7, 11) is 3.43. The van der Waals surface area contributed by atoms with Gasteiger partial charge in [-0.25, -0.2) is 0 Å². The Hall–Kier alpha value is -5.81. The van der Waals surface area contributed by atoms with Crippen LogP contribution in [0.2, 0.25) is 0 Å². The normalized spacial score (nSPS) is 11.2. The van der Waals surface area contributed by atoms with E-state index in [0.717, 1.165) is 51.7 Å². The second kappa shape index (κ2) is 13.7. The lowest BCUT2D eigenvalue weighted by atomic mass is 10.1. The summed E-state index contributed by atoms with van der Waals surface area (Å²) < 4.78 is 15.8. The number of fused-ring (bicyclic) bond motifs is 6. The Labute approximate surface area is 286 Å².